The van der Waals surface area contributed by atoms with E-state index in [9.17, 15) is 14.4 Å². The summed E-state index contributed by atoms with van der Waals surface area (Å²) in [6.07, 6.45) is -8.90. The van der Waals surface area contributed by atoms with Crippen LogP contribution in [0.3, 0.4) is 0 Å². The summed E-state index contributed by atoms with van der Waals surface area (Å²) >= 11 is 0. The molecular formula is C21H32O13. The van der Waals surface area contributed by atoms with E-state index in [0.29, 0.717) is 0 Å². The smallest absolute Gasteiger partial charge is 0.303 e. The number of fused-ring (bicyclic) bond motifs is 3. The second-order valence-electron chi connectivity index (χ2n) is 8.27. The lowest BCUT2D eigenvalue weighted by Crippen LogP contribution is -2.72. The Balaban J connectivity index is 2.04. The van der Waals surface area contributed by atoms with Gasteiger partial charge in [0.25, 0.3) is 0 Å². The molecule has 0 N–H and O–H groups in total. The van der Waals surface area contributed by atoms with E-state index in [2.05, 4.69) is 0 Å². The molecule has 0 amide bonds. The summed E-state index contributed by atoms with van der Waals surface area (Å²) in [7, 11) is 4.41. The Morgan fingerprint density at radius 2 is 1.35 bits per heavy atom. The van der Waals surface area contributed by atoms with Crippen LogP contribution in [0.4, 0.5) is 0 Å². The van der Waals surface area contributed by atoms with Gasteiger partial charge >= 0.3 is 17.9 Å². The predicted molar refractivity (Wildman–Crippen MR) is 108 cm³/mol. The van der Waals surface area contributed by atoms with Gasteiger partial charge in [0.05, 0.1) is 6.61 Å². The summed E-state index contributed by atoms with van der Waals surface area (Å²) in [5.74, 6) is -3.73. The molecule has 0 aromatic carbocycles. The third-order valence-corrected chi connectivity index (χ3v) is 5.85. The van der Waals surface area contributed by atoms with E-state index in [4.69, 9.17) is 47.4 Å². The minimum absolute atomic E-state index is 0.0904. The fraction of sp³-hybridized carbons (Fsp3) is 0.857. The van der Waals surface area contributed by atoms with Crippen molar-refractivity contribution in [3.05, 3.63) is 0 Å². The van der Waals surface area contributed by atoms with Crippen LogP contribution in [0.2, 0.25) is 0 Å². The Bertz CT molecular complexity index is 759. The van der Waals surface area contributed by atoms with Gasteiger partial charge in [0, 0.05) is 42.1 Å². The maximum atomic E-state index is 12.0. The molecule has 3 fully saturated rings. The van der Waals surface area contributed by atoms with Gasteiger partial charge in [0.2, 0.25) is 12.1 Å². The first kappa shape index (κ1) is 26.7. The van der Waals surface area contributed by atoms with Crippen LogP contribution in [0, 0.1) is 0 Å². The summed E-state index contributed by atoms with van der Waals surface area (Å²) in [4.78, 5) is 35.8. The first-order valence-electron chi connectivity index (χ1n) is 10.8. The zero-order valence-corrected chi connectivity index (χ0v) is 20.2. The van der Waals surface area contributed by atoms with Gasteiger partial charge in [-0.1, -0.05) is 0 Å². The van der Waals surface area contributed by atoms with Crippen LogP contribution in [0.15, 0.2) is 0 Å². The number of hydrogen-bond donors (Lipinski definition) is 0. The monoisotopic (exact) mass is 492 g/mol. The van der Waals surface area contributed by atoms with Crippen molar-refractivity contribution in [1.82, 2.24) is 0 Å². The molecule has 13 heteroatoms. The average Bonchev–Trinajstić information content (AvgIpc) is 2.75. The molecule has 3 rings (SSSR count). The van der Waals surface area contributed by atoms with E-state index < -0.39 is 79.0 Å². The van der Waals surface area contributed by atoms with Gasteiger partial charge in [-0.3, -0.25) is 14.4 Å². The molecule has 0 unspecified atom stereocenters. The summed E-state index contributed by atoms with van der Waals surface area (Å²) in [6, 6.07) is 0. The Hall–Kier alpha value is -1.87. The highest BCUT2D eigenvalue weighted by Crippen LogP contribution is 2.41. The van der Waals surface area contributed by atoms with Gasteiger partial charge in [-0.2, -0.15) is 0 Å². The van der Waals surface area contributed by atoms with Crippen LogP contribution in [-0.4, -0.2) is 107 Å². The molecular weight excluding hydrogens is 460 g/mol. The summed E-state index contributed by atoms with van der Waals surface area (Å²) in [5.41, 5.74) is 0. The lowest BCUT2D eigenvalue weighted by atomic mass is 9.93. The van der Waals surface area contributed by atoms with Crippen LogP contribution in [-0.2, 0) is 61.8 Å². The van der Waals surface area contributed by atoms with Crippen LogP contribution in [0.25, 0.3) is 0 Å². The normalized spacial score (nSPS) is 41.9. The molecule has 0 aliphatic carbocycles. The van der Waals surface area contributed by atoms with Crippen molar-refractivity contribution >= 4 is 17.9 Å². The second-order valence-corrected chi connectivity index (χ2v) is 8.27. The van der Waals surface area contributed by atoms with Crippen molar-refractivity contribution in [1.29, 1.82) is 0 Å². The third-order valence-electron chi connectivity index (χ3n) is 5.85. The molecule has 34 heavy (non-hydrogen) atoms. The van der Waals surface area contributed by atoms with E-state index in [1.165, 1.54) is 49.0 Å². The van der Waals surface area contributed by atoms with E-state index in [1.807, 2.05) is 0 Å². The predicted octanol–water partition coefficient (Wildman–Crippen LogP) is -0.329. The maximum absolute atomic E-state index is 12.0. The number of carbonyl (C=O) groups excluding carboxylic acids is 3. The Labute approximate surface area is 197 Å². The zero-order chi connectivity index (χ0) is 25.2. The average molecular weight is 492 g/mol. The lowest BCUT2D eigenvalue weighted by Gasteiger charge is -2.54. The molecule has 3 heterocycles. The van der Waals surface area contributed by atoms with Crippen molar-refractivity contribution in [3.63, 3.8) is 0 Å². The minimum Gasteiger partial charge on any atom is -0.454 e. The second kappa shape index (κ2) is 10.8. The van der Waals surface area contributed by atoms with Gasteiger partial charge in [-0.25, -0.2) is 0 Å². The molecule has 13 nitrogen and oxygen atoms in total. The minimum atomic E-state index is -1.65. The van der Waals surface area contributed by atoms with Gasteiger partial charge in [0.15, 0.2) is 24.6 Å². The Morgan fingerprint density at radius 3 is 1.88 bits per heavy atom. The molecule has 3 aliphatic heterocycles. The maximum Gasteiger partial charge on any atom is 0.303 e. The number of rotatable bonds is 6. The van der Waals surface area contributed by atoms with E-state index in [0.717, 1.165) is 0 Å². The fourth-order valence-corrected chi connectivity index (χ4v) is 4.48. The van der Waals surface area contributed by atoms with Crippen molar-refractivity contribution < 1.29 is 61.8 Å². The number of hydrogen-bond acceptors (Lipinski definition) is 13. The standard InChI is InChI=1S/C21H32O13/c1-9(22)29-15-17(30-10(2)23)20-33-13-12(32-19(27-7)16(26-6)14(13)25-5)8-28-21(4,34-20)18(15)31-11(3)24/h12-20H,8H2,1-7H3/t12-,13+,14+,15+,16-,17-,18-,19+,20-,21+/m1/s1. The Morgan fingerprint density at radius 1 is 0.765 bits per heavy atom. The third kappa shape index (κ3) is 5.35. The van der Waals surface area contributed by atoms with Crippen LogP contribution in [0.1, 0.15) is 27.7 Å². The highest BCUT2D eigenvalue weighted by Gasteiger charge is 2.62. The quantitative estimate of drug-likeness (QED) is 0.353. The highest BCUT2D eigenvalue weighted by molar-refractivity contribution is 5.68. The number of methoxy groups -OCH3 is 3. The topological polar surface area (TPSA) is 144 Å². The van der Waals surface area contributed by atoms with Crippen LogP contribution in [0.5, 0.6) is 0 Å². The number of carbonyl (C=O) groups is 3. The van der Waals surface area contributed by atoms with Gasteiger partial charge < -0.3 is 47.4 Å². The highest BCUT2D eigenvalue weighted by atomic mass is 16.8. The van der Waals surface area contributed by atoms with Crippen LogP contribution >= 0.6 is 0 Å². The largest absolute Gasteiger partial charge is 0.454 e. The van der Waals surface area contributed by atoms with Crippen molar-refractivity contribution in [2.75, 3.05) is 27.9 Å². The van der Waals surface area contributed by atoms with Crippen molar-refractivity contribution in [2.24, 2.45) is 0 Å². The van der Waals surface area contributed by atoms with Gasteiger partial charge in [-0.15, -0.1) is 0 Å². The Kier molecular flexibility index (Phi) is 8.50. The zero-order valence-electron chi connectivity index (χ0n) is 20.2. The molecule has 0 aromatic rings. The molecule has 10 atom stereocenters. The molecule has 0 radical (unpaired) electrons. The number of ether oxygens (including phenoxy) is 10. The van der Waals surface area contributed by atoms with E-state index in [1.54, 1.807) is 0 Å². The van der Waals surface area contributed by atoms with E-state index >= 15 is 0 Å². The lowest BCUT2D eigenvalue weighted by molar-refractivity contribution is -0.438. The fourth-order valence-electron chi connectivity index (χ4n) is 4.48. The van der Waals surface area contributed by atoms with Gasteiger partial charge in [0.1, 0.15) is 24.4 Å². The van der Waals surface area contributed by atoms with Gasteiger partial charge in [-0.05, 0) is 6.92 Å². The molecule has 0 spiro atoms. The first-order chi connectivity index (χ1) is 16.0. The summed E-state index contributed by atoms with van der Waals surface area (Å²) in [5, 5.41) is 0. The van der Waals surface area contributed by atoms with Crippen molar-refractivity contribution in [3.8, 4) is 0 Å². The first-order valence-corrected chi connectivity index (χ1v) is 10.8. The summed E-state index contributed by atoms with van der Waals surface area (Å²) in [6.45, 7) is 4.93. The molecule has 2 bridgehead atoms. The molecule has 0 saturated carbocycles. The van der Waals surface area contributed by atoms with Crippen molar-refractivity contribution in [2.45, 2.75) is 88.8 Å². The molecule has 0 aromatic heterocycles. The van der Waals surface area contributed by atoms with E-state index in [-0.39, 0.29) is 6.61 Å². The number of esters is 3. The molecule has 3 aliphatic rings. The molecule has 3 saturated heterocycles. The SMILES string of the molecule is CO[C@H]1O[C@@H]2CO[C@@]3(C)O[C@@H](O[C@@H]2[C@H](OC)[C@H]1OC)[C@H](OC(C)=O)[C@H](OC(C)=O)[C@H]3OC(C)=O. The summed E-state index contributed by atoms with van der Waals surface area (Å²) < 4.78 is 57.2. The van der Waals surface area contributed by atoms with Crippen LogP contribution < -0.4 is 0 Å². The molecule has 194 valence electrons.